The Hall–Kier alpha value is -3.42. The van der Waals surface area contributed by atoms with Gasteiger partial charge in [-0.2, -0.15) is 9.50 Å². The van der Waals surface area contributed by atoms with Crippen LogP contribution >= 0.6 is 0 Å². The van der Waals surface area contributed by atoms with Gasteiger partial charge in [0.15, 0.2) is 17.3 Å². The van der Waals surface area contributed by atoms with Crippen molar-refractivity contribution in [2.75, 3.05) is 13.2 Å². The summed E-state index contributed by atoms with van der Waals surface area (Å²) < 4.78 is 14.5. The molecule has 136 valence electrons. The van der Waals surface area contributed by atoms with Crippen LogP contribution in [-0.4, -0.2) is 37.4 Å². The lowest BCUT2D eigenvalue weighted by atomic mass is 10.2. The first-order chi connectivity index (χ1) is 13.1. The summed E-state index contributed by atoms with van der Waals surface area (Å²) in [5.41, 5.74) is 1.39. The van der Waals surface area contributed by atoms with Crippen molar-refractivity contribution in [1.29, 1.82) is 0 Å². The first-order valence-electron chi connectivity index (χ1n) is 8.78. The lowest BCUT2D eigenvalue weighted by Crippen LogP contribution is -2.22. The molecule has 4 heterocycles. The predicted octanol–water partition coefficient (Wildman–Crippen LogP) is 2.46. The van der Waals surface area contributed by atoms with E-state index in [1.54, 1.807) is 21.5 Å². The Morgan fingerprint density at radius 2 is 1.93 bits per heavy atom. The monoisotopic (exact) mass is 363 g/mol. The zero-order valence-corrected chi connectivity index (χ0v) is 14.9. The topological polar surface area (TPSA) is 83.5 Å². The van der Waals surface area contributed by atoms with Crippen molar-refractivity contribution in [3.8, 4) is 22.9 Å². The van der Waals surface area contributed by atoms with Gasteiger partial charge >= 0.3 is 0 Å². The molecule has 0 spiro atoms. The van der Waals surface area contributed by atoms with E-state index in [4.69, 9.17) is 9.47 Å². The van der Waals surface area contributed by atoms with Crippen LogP contribution in [0.25, 0.3) is 28.1 Å². The fraction of sp³-hybridized carbons (Fsp3) is 0.263. The smallest absolute Gasteiger partial charge is 0.261 e. The van der Waals surface area contributed by atoms with Gasteiger partial charge < -0.3 is 14.0 Å². The van der Waals surface area contributed by atoms with E-state index in [0.717, 1.165) is 5.56 Å². The molecule has 0 amide bonds. The summed E-state index contributed by atoms with van der Waals surface area (Å²) in [5, 5.41) is 5.09. The SMILES string of the molecule is CC(C)n1ccc2c(cnc3nc(-c4ccc5c(c4)OCCO5)nn32)c1=O. The molecular weight excluding hydrogens is 346 g/mol. The minimum atomic E-state index is -0.0896. The molecule has 0 bridgehead atoms. The molecule has 0 N–H and O–H groups in total. The zero-order chi connectivity index (χ0) is 18.5. The number of hydrogen-bond donors (Lipinski definition) is 0. The van der Waals surface area contributed by atoms with Gasteiger partial charge in [-0.3, -0.25) is 4.79 Å². The van der Waals surface area contributed by atoms with E-state index in [1.165, 1.54) is 0 Å². The van der Waals surface area contributed by atoms with E-state index < -0.39 is 0 Å². The van der Waals surface area contributed by atoms with Gasteiger partial charge in [-0.25, -0.2) is 4.98 Å². The number of ether oxygens (including phenoxy) is 2. The molecule has 4 aromatic rings. The molecule has 0 aliphatic carbocycles. The molecule has 1 aliphatic heterocycles. The Morgan fingerprint density at radius 3 is 2.74 bits per heavy atom. The first-order valence-corrected chi connectivity index (χ1v) is 8.78. The Balaban J connectivity index is 1.68. The first kappa shape index (κ1) is 15.8. The molecule has 1 aliphatic rings. The molecule has 0 atom stereocenters. The normalized spacial score (nSPS) is 13.6. The van der Waals surface area contributed by atoms with Crippen LogP contribution in [0, 0.1) is 0 Å². The third kappa shape index (κ3) is 2.44. The van der Waals surface area contributed by atoms with Gasteiger partial charge in [-0.1, -0.05) is 0 Å². The average molecular weight is 363 g/mol. The zero-order valence-electron chi connectivity index (χ0n) is 14.9. The summed E-state index contributed by atoms with van der Waals surface area (Å²) in [6.45, 7) is 5.00. The van der Waals surface area contributed by atoms with E-state index in [9.17, 15) is 4.79 Å². The standard InChI is InChI=1S/C19H17N5O3/c1-11(2)23-6-5-14-13(18(23)25)10-20-19-21-17(22-24(14)19)12-3-4-15-16(9-12)27-8-7-26-15/h3-6,9-11H,7-8H2,1-2H3. The second-order valence-electron chi connectivity index (χ2n) is 6.68. The highest BCUT2D eigenvalue weighted by Crippen LogP contribution is 2.33. The third-order valence-corrected chi connectivity index (χ3v) is 4.62. The van der Waals surface area contributed by atoms with E-state index in [2.05, 4.69) is 15.1 Å². The summed E-state index contributed by atoms with van der Waals surface area (Å²) in [4.78, 5) is 21.5. The molecule has 0 saturated heterocycles. The van der Waals surface area contributed by atoms with Crippen molar-refractivity contribution in [3.63, 3.8) is 0 Å². The van der Waals surface area contributed by atoms with Gasteiger partial charge in [0, 0.05) is 24.0 Å². The molecule has 0 radical (unpaired) electrons. The highest BCUT2D eigenvalue weighted by molar-refractivity contribution is 5.79. The Bertz CT molecular complexity index is 1240. The number of benzene rings is 1. The number of nitrogens with zero attached hydrogens (tertiary/aromatic N) is 5. The number of aromatic nitrogens is 5. The van der Waals surface area contributed by atoms with Crippen LogP contribution in [0.4, 0.5) is 0 Å². The largest absolute Gasteiger partial charge is 0.486 e. The maximum atomic E-state index is 12.7. The third-order valence-electron chi connectivity index (χ3n) is 4.62. The van der Waals surface area contributed by atoms with Gasteiger partial charge in [0.1, 0.15) is 13.2 Å². The van der Waals surface area contributed by atoms with Crippen molar-refractivity contribution in [2.45, 2.75) is 19.9 Å². The highest BCUT2D eigenvalue weighted by Gasteiger charge is 2.16. The van der Waals surface area contributed by atoms with Crippen molar-refractivity contribution in [1.82, 2.24) is 24.1 Å². The van der Waals surface area contributed by atoms with Crippen molar-refractivity contribution < 1.29 is 9.47 Å². The van der Waals surface area contributed by atoms with Crippen LogP contribution in [0.5, 0.6) is 11.5 Å². The molecule has 1 aromatic carbocycles. The van der Waals surface area contributed by atoms with Crippen LogP contribution in [0.3, 0.4) is 0 Å². The fourth-order valence-corrected chi connectivity index (χ4v) is 3.25. The van der Waals surface area contributed by atoms with Crippen LogP contribution in [0.1, 0.15) is 19.9 Å². The number of hydrogen-bond acceptors (Lipinski definition) is 6. The summed E-state index contributed by atoms with van der Waals surface area (Å²) in [6, 6.07) is 7.53. The Labute approximate surface area is 154 Å². The summed E-state index contributed by atoms with van der Waals surface area (Å²) in [6.07, 6.45) is 3.34. The second-order valence-corrected chi connectivity index (χ2v) is 6.68. The molecule has 8 heteroatoms. The highest BCUT2D eigenvalue weighted by atomic mass is 16.6. The van der Waals surface area contributed by atoms with E-state index in [0.29, 0.717) is 47.2 Å². The number of rotatable bonds is 2. The molecule has 5 rings (SSSR count). The van der Waals surface area contributed by atoms with Crippen LogP contribution < -0.4 is 15.0 Å². The maximum absolute atomic E-state index is 12.7. The molecule has 27 heavy (non-hydrogen) atoms. The molecule has 0 fully saturated rings. The molecule has 8 nitrogen and oxygen atoms in total. The van der Waals surface area contributed by atoms with E-state index in [1.807, 2.05) is 38.1 Å². The van der Waals surface area contributed by atoms with E-state index >= 15 is 0 Å². The lowest BCUT2D eigenvalue weighted by molar-refractivity contribution is 0.171. The Kier molecular flexibility index (Phi) is 3.40. The summed E-state index contributed by atoms with van der Waals surface area (Å²) >= 11 is 0. The van der Waals surface area contributed by atoms with Gasteiger partial charge in [-0.15, -0.1) is 5.10 Å². The van der Waals surface area contributed by atoms with Crippen molar-refractivity contribution in [2.24, 2.45) is 0 Å². The Morgan fingerprint density at radius 1 is 1.11 bits per heavy atom. The number of pyridine rings is 1. The predicted molar refractivity (Wildman–Crippen MR) is 99.4 cm³/mol. The lowest BCUT2D eigenvalue weighted by Gasteiger charge is -2.18. The fourth-order valence-electron chi connectivity index (χ4n) is 3.25. The summed E-state index contributed by atoms with van der Waals surface area (Å²) in [7, 11) is 0. The second kappa shape index (κ2) is 5.80. The van der Waals surface area contributed by atoms with Crippen LogP contribution in [0.15, 0.2) is 41.5 Å². The quantitative estimate of drug-likeness (QED) is 0.544. The maximum Gasteiger partial charge on any atom is 0.261 e. The van der Waals surface area contributed by atoms with Gasteiger partial charge in [0.25, 0.3) is 11.3 Å². The molecular formula is C19H17N5O3. The molecule has 3 aromatic heterocycles. The minimum absolute atomic E-state index is 0.0709. The van der Waals surface area contributed by atoms with Gasteiger partial charge in [0.2, 0.25) is 0 Å². The molecule has 0 unspecified atom stereocenters. The van der Waals surface area contributed by atoms with Crippen LogP contribution in [-0.2, 0) is 0 Å². The van der Waals surface area contributed by atoms with Gasteiger partial charge in [-0.05, 0) is 38.1 Å². The summed E-state index contributed by atoms with van der Waals surface area (Å²) in [5.74, 6) is 2.34. The minimum Gasteiger partial charge on any atom is -0.486 e. The van der Waals surface area contributed by atoms with Crippen molar-refractivity contribution in [3.05, 3.63) is 47.0 Å². The van der Waals surface area contributed by atoms with Crippen molar-refractivity contribution >= 4 is 16.7 Å². The van der Waals surface area contributed by atoms with E-state index in [-0.39, 0.29) is 11.6 Å². The van der Waals surface area contributed by atoms with Gasteiger partial charge in [0.05, 0.1) is 10.9 Å². The number of fused-ring (bicyclic) bond motifs is 4. The van der Waals surface area contributed by atoms with Crippen LogP contribution in [0.2, 0.25) is 0 Å². The molecule has 0 saturated carbocycles. The average Bonchev–Trinajstić information content (AvgIpc) is 3.12.